The lowest BCUT2D eigenvalue weighted by atomic mass is 10.4. The molecule has 0 aliphatic heterocycles. The molecule has 1 fully saturated rings. The first-order valence-corrected chi connectivity index (χ1v) is 7.38. The molecule has 0 spiro atoms. The average Bonchev–Trinajstić information content (AvgIpc) is 3.13. The molecule has 1 aliphatic carbocycles. The molecular weight excluding hydrogens is 268 g/mol. The lowest BCUT2D eigenvalue weighted by Gasteiger charge is -2.15. The summed E-state index contributed by atoms with van der Waals surface area (Å²) in [5.74, 6) is 0.521. The number of nitrogens with zero attached hydrogens (tertiary/aromatic N) is 4. The highest BCUT2D eigenvalue weighted by Crippen LogP contribution is 2.36. The molecule has 2 rings (SSSR count). The van der Waals surface area contributed by atoms with Crippen molar-refractivity contribution in [3.8, 4) is 0 Å². The highest BCUT2D eigenvalue weighted by molar-refractivity contribution is 7.99. The zero-order valence-corrected chi connectivity index (χ0v) is 12.0. The van der Waals surface area contributed by atoms with Gasteiger partial charge in [-0.15, -0.1) is 5.10 Å². The number of thioether (sulfide) groups is 1. The third-order valence-corrected chi connectivity index (χ3v) is 3.81. The molecule has 1 aromatic heterocycles. The first-order chi connectivity index (χ1) is 9.20. The van der Waals surface area contributed by atoms with Crippen LogP contribution in [0.3, 0.4) is 0 Å². The van der Waals surface area contributed by atoms with Gasteiger partial charge in [0.05, 0.1) is 31.5 Å². The van der Waals surface area contributed by atoms with Crippen LogP contribution >= 0.6 is 11.8 Å². The maximum Gasteiger partial charge on any atom is 0.209 e. The summed E-state index contributed by atoms with van der Waals surface area (Å²) in [6.07, 6.45) is 1.73. The van der Waals surface area contributed by atoms with E-state index in [2.05, 4.69) is 15.5 Å². The Balaban J connectivity index is 1.68. The first kappa shape index (κ1) is 14.7. The Bertz CT molecular complexity index is 386. The van der Waals surface area contributed by atoms with Crippen molar-refractivity contribution in [2.24, 2.45) is 0 Å². The molecule has 8 heteroatoms. The van der Waals surface area contributed by atoms with Gasteiger partial charge in [-0.3, -0.25) is 0 Å². The van der Waals surface area contributed by atoms with Crippen LogP contribution in [0.4, 0.5) is 0 Å². The Morgan fingerprint density at radius 1 is 1.47 bits per heavy atom. The van der Waals surface area contributed by atoms with Crippen molar-refractivity contribution in [2.75, 3.05) is 26.1 Å². The number of hydrogen-bond acceptors (Lipinski definition) is 7. The van der Waals surface area contributed by atoms with E-state index >= 15 is 0 Å². The summed E-state index contributed by atoms with van der Waals surface area (Å²) in [6.45, 7) is 2.74. The molecule has 108 valence electrons. The van der Waals surface area contributed by atoms with Crippen molar-refractivity contribution in [3.05, 3.63) is 0 Å². The van der Waals surface area contributed by atoms with Crippen molar-refractivity contribution in [3.63, 3.8) is 0 Å². The number of aliphatic hydroxyl groups is 1. The number of aromatic nitrogens is 4. The predicted octanol–water partition coefficient (Wildman–Crippen LogP) is 0.512. The van der Waals surface area contributed by atoms with Crippen LogP contribution in [0.25, 0.3) is 0 Å². The molecule has 2 unspecified atom stereocenters. The first-order valence-electron chi connectivity index (χ1n) is 6.40. The van der Waals surface area contributed by atoms with Crippen LogP contribution < -0.4 is 0 Å². The highest BCUT2D eigenvalue weighted by atomic mass is 32.2. The number of aliphatic hydroxyl groups excluding tert-OH is 1. The molecular formula is C11H20N4O3S. The van der Waals surface area contributed by atoms with E-state index in [1.165, 1.54) is 11.8 Å². The van der Waals surface area contributed by atoms with Crippen LogP contribution in [0.2, 0.25) is 0 Å². The molecule has 19 heavy (non-hydrogen) atoms. The Hall–Kier alpha value is -0.700. The third-order valence-electron chi connectivity index (χ3n) is 2.73. The minimum atomic E-state index is -0.534. The van der Waals surface area contributed by atoms with Gasteiger partial charge in [0.2, 0.25) is 5.16 Å². The van der Waals surface area contributed by atoms with Crippen LogP contribution in [-0.2, 0) is 9.47 Å². The van der Waals surface area contributed by atoms with Crippen LogP contribution in [0, 0.1) is 0 Å². The molecule has 1 aliphatic rings. The second kappa shape index (κ2) is 7.18. The fourth-order valence-electron chi connectivity index (χ4n) is 1.61. The Kier molecular flexibility index (Phi) is 5.56. The summed E-state index contributed by atoms with van der Waals surface area (Å²) in [7, 11) is 1.63. The minimum Gasteiger partial charge on any atom is -0.390 e. The largest absolute Gasteiger partial charge is 0.390 e. The molecule has 0 bridgehead atoms. The van der Waals surface area contributed by atoms with Crippen molar-refractivity contribution in [1.29, 1.82) is 0 Å². The smallest absolute Gasteiger partial charge is 0.209 e. The third kappa shape index (κ3) is 4.72. The molecule has 1 N–H and O–H groups in total. The van der Waals surface area contributed by atoms with Crippen molar-refractivity contribution in [2.45, 2.75) is 43.2 Å². The second-order valence-electron chi connectivity index (χ2n) is 4.70. The minimum absolute atomic E-state index is 0.0126. The number of hydrogen-bond donors (Lipinski definition) is 1. The normalized spacial score (nSPS) is 18.5. The SMILES string of the molecule is COCC(C)OCC(O)CSc1nnnn1C1CC1. The van der Waals surface area contributed by atoms with Gasteiger partial charge in [0, 0.05) is 12.9 Å². The molecule has 1 saturated carbocycles. The van der Waals surface area contributed by atoms with Gasteiger partial charge in [0.15, 0.2) is 0 Å². The highest BCUT2D eigenvalue weighted by Gasteiger charge is 2.28. The van der Waals surface area contributed by atoms with E-state index in [1.807, 2.05) is 11.6 Å². The standard InChI is InChI=1S/C11H20N4O3S/c1-8(5-17-2)18-6-10(16)7-19-11-12-13-14-15(11)9-3-4-9/h8-10,16H,3-7H2,1-2H3. The fraction of sp³-hybridized carbons (Fsp3) is 0.909. The topological polar surface area (TPSA) is 82.3 Å². The van der Waals surface area contributed by atoms with Crippen molar-refractivity contribution < 1.29 is 14.6 Å². The monoisotopic (exact) mass is 288 g/mol. The quantitative estimate of drug-likeness (QED) is 0.663. The van der Waals surface area contributed by atoms with Gasteiger partial charge in [-0.2, -0.15) is 0 Å². The molecule has 0 saturated heterocycles. The lowest BCUT2D eigenvalue weighted by molar-refractivity contribution is -0.0257. The zero-order chi connectivity index (χ0) is 13.7. The summed E-state index contributed by atoms with van der Waals surface area (Å²) in [5.41, 5.74) is 0. The lowest BCUT2D eigenvalue weighted by Crippen LogP contribution is -2.24. The second-order valence-corrected chi connectivity index (χ2v) is 5.69. The van der Waals surface area contributed by atoms with Gasteiger partial charge < -0.3 is 14.6 Å². The summed E-state index contributed by atoms with van der Waals surface area (Å²) in [4.78, 5) is 0. The van der Waals surface area contributed by atoms with E-state index in [-0.39, 0.29) is 6.10 Å². The van der Waals surface area contributed by atoms with Gasteiger partial charge in [0.25, 0.3) is 0 Å². The fourth-order valence-corrected chi connectivity index (χ4v) is 2.46. The molecule has 1 aromatic rings. The number of tetrazole rings is 1. The van der Waals surface area contributed by atoms with Gasteiger partial charge in [-0.05, 0) is 30.2 Å². The van der Waals surface area contributed by atoms with E-state index < -0.39 is 6.10 Å². The van der Waals surface area contributed by atoms with Crippen LogP contribution in [0.5, 0.6) is 0 Å². The summed E-state index contributed by atoms with van der Waals surface area (Å²) in [5, 5.41) is 22.2. The maximum absolute atomic E-state index is 9.85. The molecule has 0 aromatic carbocycles. The molecule has 1 heterocycles. The van der Waals surface area contributed by atoms with E-state index in [0.29, 0.717) is 25.0 Å². The average molecular weight is 288 g/mol. The van der Waals surface area contributed by atoms with E-state index in [9.17, 15) is 5.11 Å². The van der Waals surface area contributed by atoms with E-state index in [0.717, 1.165) is 18.0 Å². The van der Waals surface area contributed by atoms with Crippen LogP contribution in [-0.4, -0.2) is 63.6 Å². The number of methoxy groups -OCH3 is 1. The maximum atomic E-state index is 9.85. The zero-order valence-electron chi connectivity index (χ0n) is 11.2. The summed E-state index contributed by atoms with van der Waals surface area (Å²) >= 11 is 1.46. The van der Waals surface area contributed by atoms with Crippen LogP contribution in [0.15, 0.2) is 5.16 Å². The van der Waals surface area contributed by atoms with Crippen molar-refractivity contribution >= 4 is 11.8 Å². The number of ether oxygens (including phenoxy) is 2. The predicted molar refractivity (Wildman–Crippen MR) is 70.1 cm³/mol. The summed E-state index contributed by atoms with van der Waals surface area (Å²) in [6, 6.07) is 0.451. The van der Waals surface area contributed by atoms with Gasteiger partial charge in [-0.25, -0.2) is 4.68 Å². The van der Waals surface area contributed by atoms with Crippen LogP contribution in [0.1, 0.15) is 25.8 Å². The molecule has 0 radical (unpaired) electrons. The Morgan fingerprint density at radius 2 is 2.26 bits per heavy atom. The molecule has 0 amide bonds. The molecule has 7 nitrogen and oxygen atoms in total. The van der Waals surface area contributed by atoms with Gasteiger partial charge in [-0.1, -0.05) is 11.8 Å². The van der Waals surface area contributed by atoms with E-state index in [1.54, 1.807) is 7.11 Å². The van der Waals surface area contributed by atoms with Gasteiger partial charge in [0.1, 0.15) is 0 Å². The molecule has 2 atom stereocenters. The van der Waals surface area contributed by atoms with Gasteiger partial charge >= 0.3 is 0 Å². The number of rotatable bonds is 9. The summed E-state index contributed by atoms with van der Waals surface area (Å²) < 4.78 is 12.3. The Morgan fingerprint density at radius 3 is 2.95 bits per heavy atom. The Labute approximate surface area is 116 Å². The van der Waals surface area contributed by atoms with E-state index in [4.69, 9.17) is 9.47 Å². The van der Waals surface area contributed by atoms with Crippen molar-refractivity contribution in [1.82, 2.24) is 20.2 Å².